The van der Waals surface area contributed by atoms with Crippen molar-refractivity contribution in [2.45, 2.75) is 30.6 Å². The summed E-state index contributed by atoms with van der Waals surface area (Å²) in [6.07, 6.45) is 2.94. The van der Waals surface area contributed by atoms with Gasteiger partial charge in [0.1, 0.15) is 19.0 Å². The van der Waals surface area contributed by atoms with E-state index in [2.05, 4.69) is 35.7 Å². The van der Waals surface area contributed by atoms with E-state index in [0.717, 1.165) is 5.56 Å². The quantitative estimate of drug-likeness (QED) is 0.180. The first-order chi connectivity index (χ1) is 19.9. The van der Waals surface area contributed by atoms with E-state index in [-0.39, 0.29) is 48.8 Å². The van der Waals surface area contributed by atoms with Gasteiger partial charge in [0, 0.05) is 24.9 Å². The molecule has 0 radical (unpaired) electrons. The van der Waals surface area contributed by atoms with Gasteiger partial charge in [-0.25, -0.2) is 23.1 Å². The van der Waals surface area contributed by atoms with Gasteiger partial charge in [-0.2, -0.15) is 0 Å². The first-order valence-corrected chi connectivity index (χ1v) is 15.0. The summed E-state index contributed by atoms with van der Waals surface area (Å²) in [5, 5.41) is 23.2. The lowest BCUT2D eigenvalue weighted by molar-refractivity contribution is -0.136. The molecule has 0 spiro atoms. The molecule has 3 N–H and O–H groups in total. The van der Waals surface area contributed by atoms with Crippen molar-refractivity contribution >= 4 is 37.7 Å². The van der Waals surface area contributed by atoms with Crippen molar-refractivity contribution in [2.75, 3.05) is 24.5 Å². The van der Waals surface area contributed by atoms with E-state index in [9.17, 15) is 18.3 Å². The number of ether oxygens (including phenoxy) is 2. The molecule has 0 amide bonds. The number of sulfonamides is 1. The molecular weight excluding hydrogens is 630 g/mol. The lowest BCUT2D eigenvalue weighted by atomic mass is 9.86. The van der Waals surface area contributed by atoms with E-state index in [1.807, 2.05) is 13.8 Å². The summed E-state index contributed by atoms with van der Waals surface area (Å²) in [4.78, 5) is 19.2. The predicted molar refractivity (Wildman–Crippen MR) is 158 cm³/mol. The van der Waals surface area contributed by atoms with Crippen LogP contribution in [0, 0.1) is 0 Å². The molecule has 0 aliphatic heterocycles. The van der Waals surface area contributed by atoms with E-state index in [1.165, 1.54) is 16.8 Å². The summed E-state index contributed by atoms with van der Waals surface area (Å²) in [5.74, 6) is -0.681. The van der Waals surface area contributed by atoms with Crippen molar-refractivity contribution in [1.82, 2.24) is 19.7 Å². The number of aryl methyl sites for hydroxylation is 1. The second-order valence-electron chi connectivity index (χ2n) is 9.97. The number of rotatable bonds is 13. The fourth-order valence-electron chi connectivity index (χ4n) is 3.95. The average Bonchev–Trinajstić information content (AvgIpc) is 3.26. The Kier molecular flexibility index (Phi) is 9.49. The van der Waals surface area contributed by atoms with E-state index in [4.69, 9.17) is 14.6 Å². The summed E-state index contributed by atoms with van der Waals surface area (Å²) >= 11 is 3.26. The van der Waals surface area contributed by atoms with Gasteiger partial charge in [-0.3, -0.25) is 9.52 Å². The van der Waals surface area contributed by atoms with Crippen LogP contribution in [0.3, 0.4) is 0 Å². The molecule has 0 unspecified atom stereocenters. The molecule has 0 saturated heterocycles. The third-order valence-corrected chi connectivity index (χ3v) is 8.10. The van der Waals surface area contributed by atoms with Gasteiger partial charge < -0.3 is 19.7 Å². The van der Waals surface area contributed by atoms with Crippen LogP contribution in [0.15, 0.2) is 70.3 Å². The van der Waals surface area contributed by atoms with Gasteiger partial charge in [-0.05, 0) is 44.8 Å². The van der Waals surface area contributed by atoms with Crippen LogP contribution in [0.4, 0.5) is 5.82 Å². The lowest BCUT2D eigenvalue weighted by Gasteiger charge is -2.22. The van der Waals surface area contributed by atoms with E-state index in [0.29, 0.717) is 21.2 Å². The molecule has 4 rings (SSSR count). The Morgan fingerprint density at radius 1 is 1.02 bits per heavy atom. The van der Waals surface area contributed by atoms with Crippen molar-refractivity contribution in [1.29, 1.82) is 0 Å². The molecular formula is C28H30BrN5O7S. The molecule has 222 valence electrons. The maximum atomic E-state index is 13.4. The number of aliphatic hydroxyl groups excluding tert-OH is 1. The van der Waals surface area contributed by atoms with Crippen LogP contribution in [0.2, 0.25) is 0 Å². The normalized spacial score (nSPS) is 11.7. The summed E-state index contributed by atoms with van der Waals surface area (Å²) < 4.78 is 43.0. The molecule has 0 fully saturated rings. The highest BCUT2D eigenvalue weighted by molar-refractivity contribution is 9.10. The number of aliphatic hydroxyl groups is 1. The lowest BCUT2D eigenvalue weighted by Crippen LogP contribution is -2.22. The third kappa shape index (κ3) is 7.43. The van der Waals surface area contributed by atoms with Gasteiger partial charge in [0.15, 0.2) is 0 Å². The van der Waals surface area contributed by atoms with Crippen molar-refractivity contribution in [3.63, 3.8) is 0 Å². The smallest absolute Gasteiger partial charge is 0.316 e. The Labute approximate surface area is 251 Å². The number of anilines is 1. The van der Waals surface area contributed by atoms with Crippen LogP contribution in [0.5, 0.6) is 11.9 Å². The molecule has 0 aliphatic rings. The van der Waals surface area contributed by atoms with Gasteiger partial charge in [-0.15, -0.1) is 5.10 Å². The molecule has 12 nitrogen and oxygen atoms in total. The Morgan fingerprint density at radius 3 is 2.24 bits per heavy atom. The van der Waals surface area contributed by atoms with Gasteiger partial charge in [0.25, 0.3) is 10.0 Å². The number of nitrogens with zero attached hydrogens (tertiary/aromatic N) is 4. The molecule has 2 aromatic heterocycles. The monoisotopic (exact) mass is 659 g/mol. The number of hydrogen-bond acceptors (Lipinski definition) is 9. The minimum Gasteiger partial charge on any atom is -0.481 e. The molecule has 0 atom stereocenters. The molecule has 0 saturated carbocycles. The number of carboxylic acid groups (broad SMARTS) is 1. The van der Waals surface area contributed by atoms with Gasteiger partial charge in [0.2, 0.25) is 5.88 Å². The molecule has 0 bridgehead atoms. The number of carbonyl (C=O) groups is 1. The number of hydrogen-bond donors (Lipinski definition) is 3. The predicted octanol–water partition coefficient (Wildman–Crippen LogP) is 3.80. The maximum Gasteiger partial charge on any atom is 0.316 e. The SMILES string of the molecule is Cn1nc(OCCOc2ncc(Br)cn2)c(-c2ccc(CC(=O)O)cc2)c1NS(=O)(=O)c1ccc(C(C)(C)CO)cc1. The standard InChI is InChI=1S/C28H30BrN5O7S/c1-28(2,17-35)20-8-10-22(11-9-20)42(38,39)33-25-24(19-6-4-18(5-7-19)14-23(36)37)26(32-34(25)3)40-12-13-41-27-30-15-21(29)16-31-27/h4-11,15-16,33,35H,12-14,17H2,1-3H3,(H,36,37). The zero-order valence-corrected chi connectivity index (χ0v) is 25.5. The summed E-state index contributed by atoms with van der Waals surface area (Å²) in [6, 6.07) is 13.1. The maximum absolute atomic E-state index is 13.4. The molecule has 14 heteroatoms. The van der Waals surface area contributed by atoms with E-state index < -0.39 is 21.4 Å². The summed E-state index contributed by atoms with van der Waals surface area (Å²) in [5.41, 5.74) is 1.76. The Balaban J connectivity index is 1.63. The van der Waals surface area contributed by atoms with Crippen LogP contribution in [0.25, 0.3) is 11.1 Å². The topological polar surface area (TPSA) is 166 Å². The van der Waals surface area contributed by atoms with Gasteiger partial charge >= 0.3 is 12.0 Å². The van der Waals surface area contributed by atoms with Crippen molar-refractivity contribution in [3.05, 3.63) is 76.5 Å². The zero-order valence-electron chi connectivity index (χ0n) is 23.1. The molecule has 2 aromatic carbocycles. The second-order valence-corrected chi connectivity index (χ2v) is 12.6. The summed E-state index contributed by atoms with van der Waals surface area (Å²) in [7, 11) is -2.49. The number of nitrogens with one attached hydrogen (secondary N) is 1. The Hall–Kier alpha value is -4.01. The highest BCUT2D eigenvalue weighted by Crippen LogP contribution is 2.38. The average molecular weight is 661 g/mol. The van der Waals surface area contributed by atoms with Crippen LogP contribution in [-0.4, -0.2) is 64.2 Å². The van der Waals surface area contributed by atoms with E-state index >= 15 is 0 Å². The number of benzene rings is 2. The number of aromatic nitrogens is 4. The molecule has 42 heavy (non-hydrogen) atoms. The van der Waals surface area contributed by atoms with Crippen molar-refractivity contribution in [2.24, 2.45) is 7.05 Å². The fraction of sp³-hybridized carbons (Fsp3) is 0.286. The largest absolute Gasteiger partial charge is 0.481 e. The minimum atomic E-state index is -4.06. The molecule has 2 heterocycles. The molecule has 0 aliphatic carbocycles. The van der Waals surface area contributed by atoms with Crippen LogP contribution < -0.4 is 14.2 Å². The van der Waals surface area contributed by atoms with Crippen molar-refractivity contribution in [3.8, 4) is 23.0 Å². The second kappa shape index (κ2) is 12.9. The van der Waals surface area contributed by atoms with Crippen LogP contribution >= 0.6 is 15.9 Å². The highest BCUT2D eigenvalue weighted by atomic mass is 79.9. The molecule has 4 aromatic rings. The number of halogens is 1. The zero-order chi connectivity index (χ0) is 30.5. The summed E-state index contributed by atoms with van der Waals surface area (Å²) in [6.45, 7) is 3.76. The van der Waals surface area contributed by atoms with Gasteiger partial charge in [0.05, 0.1) is 28.0 Å². The first kappa shape index (κ1) is 30.9. The van der Waals surface area contributed by atoms with Crippen LogP contribution in [0.1, 0.15) is 25.0 Å². The number of aliphatic carboxylic acids is 1. The van der Waals surface area contributed by atoms with Gasteiger partial charge in [-0.1, -0.05) is 50.2 Å². The minimum absolute atomic E-state index is 0.0225. The van der Waals surface area contributed by atoms with E-state index in [1.54, 1.807) is 55.8 Å². The number of carboxylic acids is 1. The third-order valence-electron chi connectivity index (χ3n) is 6.34. The van der Waals surface area contributed by atoms with Crippen LogP contribution in [-0.2, 0) is 33.7 Å². The Bertz CT molecular complexity index is 1640. The first-order valence-electron chi connectivity index (χ1n) is 12.7. The highest BCUT2D eigenvalue weighted by Gasteiger charge is 2.26. The fourth-order valence-corrected chi connectivity index (χ4v) is 5.26. The Morgan fingerprint density at radius 2 is 1.64 bits per heavy atom. The van der Waals surface area contributed by atoms with Crippen molar-refractivity contribution < 1.29 is 32.9 Å².